The van der Waals surface area contributed by atoms with E-state index in [2.05, 4.69) is 0 Å². The summed E-state index contributed by atoms with van der Waals surface area (Å²) in [6.07, 6.45) is 2.95. The van der Waals surface area contributed by atoms with Gasteiger partial charge in [-0.3, -0.25) is 14.4 Å². The summed E-state index contributed by atoms with van der Waals surface area (Å²) in [6.45, 7) is 26.8. The van der Waals surface area contributed by atoms with Gasteiger partial charge >= 0.3 is 11.9 Å². The summed E-state index contributed by atoms with van der Waals surface area (Å²) in [4.78, 5) is 39.0. The number of benzene rings is 2. The van der Waals surface area contributed by atoms with Crippen LogP contribution in [-0.2, 0) is 20.4 Å². The lowest BCUT2D eigenvalue weighted by atomic mass is 9.76. The Morgan fingerprint density at radius 1 is 0.659 bits per heavy atom. The van der Waals surface area contributed by atoms with E-state index in [9.17, 15) is 14.4 Å². The van der Waals surface area contributed by atoms with Crippen molar-refractivity contribution in [3.63, 3.8) is 0 Å². The van der Waals surface area contributed by atoms with Crippen molar-refractivity contribution >= 4 is 23.8 Å². The van der Waals surface area contributed by atoms with Crippen LogP contribution >= 0.6 is 0 Å². The van der Waals surface area contributed by atoms with Crippen LogP contribution in [0.1, 0.15) is 124 Å². The predicted octanol–water partition coefficient (Wildman–Crippen LogP) is 8.88. The molecule has 0 aromatic heterocycles. The Morgan fingerprint density at radius 3 is 1.52 bits per heavy atom. The van der Waals surface area contributed by atoms with Crippen LogP contribution in [0.3, 0.4) is 0 Å². The summed E-state index contributed by atoms with van der Waals surface area (Å²) in [5.41, 5.74) is -0.00542. The summed E-state index contributed by atoms with van der Waals surface area (Å²) in [5.74, 6) is 0.748. The standard InChI is InChI=1S/C37H52O7/c1-22(2)42-30-25(20-21-26(38)23-16-18-24(19-17-23)43-32(39)36(9,10)11)29(41-15)27(34(3,4)5)31(28(30)35(6,7)8)44-33(40)37(12,13)14/h16-22H,1-15H3. The van der Waals surface area contributed by atoms with Crippen LogP contribution in [0.15, 0.2) is 30.3 Å². The zero-order valence-corrected chi connectivity index (χ0v) is 29.4. The minimum Gasteiger partial charge on any atom is -0.496 e. The highest BCUT2D eigenvalue weighted by Gasteiger charge is 2.39. The largest absolute Gasteiger partial charge is 0.496 e. The molecule has 2 aromatic rings. The van der Waals surface area contributed by atoms with E-state index >= 15 is 0 Å². The second-order valence-corrected chi connectivity index (χ2v) is 15.5. The fourth-order valence-electron chi connectivity index (χ4n) is 4.34. The maximum Gasteiger partial charge on any atom is 0.316 e. The van der Waals surface area contributed by atoms with Crippen LogP contribution in [-0.4, -0.2) is 30.9 Å². The fourth-order valence-corrected chi connectivity index (χ4v) is 4.34. The first kappa shape index (κ1) is 36.6. The van der Waals surface area contributed by atoms with Gasteiger partial charge in [-0.05, 0) is 103 Å². The number of methoxy groups -OCH3 is 1. The average molecular weight is 609 g/mol. The van der Waals surface area contributed by atoms with Crippen molar-refractivity contribution in [2.75, 3.05) is 7.11 Å². The number of ketones is 1. The molecule has 2 rings (SSSR count). The highest BCUT2D eigenvalue weighted by atomic mass is 16.5. The Hall–Kier alpha value is -3.61. The smallest absolute Gasteiger partial charge is 0.316 e. The van der Waals surface area contributed by atoms with Gasteiger partial charge in [0, 0.05) is 16.7 Å². The third kappa shape index (κ3) is 8.96. The molecule has 0 radical (unpaired) electrons. The topological polar surface area (TPSA) is 88.1 Å². The summed E-state index contributed by atoms with van der Waals surface area (Å²) in [6, 6.07) is 6.45. The van der Waals surface area contributed by atoms with Gasteiger partial charge < -0.3 is 18.9 Å². The van der Waals surface area contributed by atoms with E-state index in [-0.39, 0.29) is 23.8 Å². The molecule has 0 N–H and O–H groups in total. The Labute approximate surface area is 264 Å². The zero-order valence-electron chi connectivity index (χ0n) is 29.4. The van der Waals surface area contributed by atoms with Gasteiger partial charge in [-0.2, -0.15) is 0 Å². The van der Waals surface area contributed by atoms with E-state index in [0.29, 0.717) is 45.3 Å². The van der Waals surface area contributed by atoms with E-state index < -0.39 is 21.7 Å². The number of carbonyl (C=O) groups is 3. The van der Waals surface area contributed by atoms with Crippen LogP contribution in [0.4, 0.5) is 0 Å². The van der Waals surface area contributed by atoms with Gasteiger partial charge in [0.05, 0.1) is 29.6 Å². The number of allylic oxidation sites excluding steroid dienone is 1. The van der Waals surface area contributed by atoms with Gasteiger partial charge in [0.2, 0.25) is 0 Å². The molecule has 0 saturated carbocycles. The van der Waals surface area contributed by atoms with Gasteiger partial charge in [-0.1, -0.05) is 41.5 Å². The van der Waals surface area contributed by atoms with Gasteiger partial charge in [-0.15, -0.1) is 0 Å². The first-order valence-corrected chi connectivity index (χ1v) is 15.1. The Balaban J connectivity index is 2.83. The number of rotatable bonds is 8. The fraction of sp³-hybridized carbons (Fsp3) is 0.541. The summed E-state index contributed by atoms with van der Waals surface area (Å²) in [5, 5.41) is 0. The van der Waals surface area contributed by atoms with Crippen molar-refractivity contribution in [3.8, 4) is 23.0 Å². The van der Waals surface area contributed by atoms with E-state index in [0.717, 1.165) is 0 Å². The van der Waals surface area contributed by atoms with Gasteiger partial charge in [-0.25, -0.2) is 0 Å². The molecular weight excluding hydrogens is 556 g/mol. The molecule has 44 heavy (non-hydrogen) atoms. The molecule has 0 aliphatic rings. The third-order valence-electron chi connectivity index (χ3n) is 6.63. The minimum atomic E-state index is -0.748. The molecule has 0 bridgehead atoms. The monoisotopic (exact) mass is 608 g/mol. The zero-order chi connectivity index (χ0) is 34.0. The van der Waals surface area contributed by atoms with Crippen molar-refractivity contribution < 1.29 is 33.3 Å². The number of ether oxygens (including phenoxy) is 4. The molecule has 2 aromatic carbocycles. The average Bonchev–Trinajstić information content (AvgIpc) is 2.84. The third-order valence-corrected chi connectivity index (χ3v) is 6.63. The molecule has 7 nitrogen and oxygen atoms in total. The molecule has 0 aliphatic heterocycles. The number of hydrogen-bond acceptors (Lipinski definition) is 7. The summed E-state index contributed by atoms with van der Waals surface area (Å²) in [7, 11) is 1.56. The van der Waals surface area contributed by atoms with Gasteiger partial charge in [0.25, 0.3) is 0 Å². The Kier molecular flexibility index (Phi) is 11.0. The molecule has 0 spiro atoms. The lowest BCUT2D eigenvalue weighted by molar-refractivity contribution is -0.143. The molecule has 0 saturated heterocycles. The molecule has 0 amide bonds. The van der Waals surface area contributed by atoms with Gasteiger partial charge in [0.1, 0.15) is 23.0 Å². The van der Waals surface area contributed by atoms with E-state index in [1.54, 1.807) is 58.2 Å². The number of carbonyl (C=O) groups excluding carboxylic acids is 3. The maximum atomic E-state index is 13.4. The molecule has 0 fully saturated rings. The lowest BCUT2D eigenvalue weighted by Crippen LogP contribution is -2.30. The lowest BCUT2D eigenvalue weighted by Gasteiger charge is -2.35. The number of esters is 2. The van der Waals surface area contributed by atoms with Crippen molar-refractivity contribution in [1.29, 1.82) is 0 Å². The predicted molar refractivity (Wildman–Crippen MR) is 176 cm³/mol. The van der Waals surface area contributed by atoms with Crippen LogP contribution in [0.25, 0.3) is 6.08 Å². The van der Waals surface area contributed by atoms with Crippen LogP contribution in [0, 0.1) is 10.8 Å². The van der Waals surface area contributed by atoms with Crippen LogP contribution < -0.4 is 18.9 Å². The number of hydrogen-bond donors (Lipinski definition) is 0. The van der Waals surface area contributed by atoms with Gasteiger partial charge in [0.15, 0.2) is 5.78 Å². The van der Waals surface area contributed by atoms with Crippen LogP contribution in [0.2, 0.25) is 0 Å². The van der Waals surface area contributed by atoms with Crippen molar-refractivity contribution in [2.24, 2.45) is 10.8 Å². The maximum absolute atomic E-state index is 13.4. The first-order valence-electron chi connectivity index (χ1n) is 15.1. The van der Waals surface area contributed by atoms with Crippen LogP contribution in [0.5, 0.6) is 23.0 Å². The van der Waals surface area contributed by atoms with Crippen molar-refractivity contribution in [2.45, 2.75) is 114 Å². The molecule has 0 atom stereocenters. The molecule has 7 heteroatoms. The van der Waals surface area contributed by atoms with E-state index in [4.69, 9.17) is 18.9 Å². The summed E-state index contributed by atoms with van der Waals surface area (Å²) < 4.78 is 24.2. The molecular formula is C37H52O7. The van der Waals surface area contributed by atoms with Crippen molar-refractivity contribution in [3.05, 3.63) is 52.6 Å². The Bertz CT molecular complexity index is 1400. The molecule has 0 aliphatic carbocycles. The summed E-state index contributed by atoms with van der Waals surface area (Å²) >= 11 is 0. The molecule has 242 valence electrons. The molecule has 0 heterocycles. The van der Waals surface area contributed by atoms with Crippen molar-refractivity contribution in [1.82, 2.24) is 0 Å². The normalized spacial score (nSPS) is 12.8. The van der Waals surface area contributed by atoms with E-state index in [1.165, 1.54) is 6.08 Å². The Morgan fingerprint density at radius 2 is 1.11 bits per heavy atom. The minimum absolute atomic E-state index is 0.223. The first-order chi connectivity index (χ1) is 19.9. The van der Waals surface area contributed by atoms with E-state index in [1.807, 2.05) is 76.2 Å². The second kappa shape index (κ2) is 13.2. The SMILES string of the molecule is COc1c(C=CC(=O)c2ccc(OC(=O)C(C)(C)C)cc2)c(OC(C)C)c(C(C)(C)C)c(OC(=O)C(C)(C)C)c1C(C)(C)C. The quantitative estimate of drug-likeness (QED) is 0.128. The highest BCUT2D eigenvalue weighted by molar-refractivity contribution is 6.07. The highest BCUT2D eigenvalue weighted by Crippen LogP contribution is 2.53. The molecule has 0 unspecified atom stereocenters. The second-order valence-electron chi connectivity index (χ2n) is 15.5.